The summed E-state index contributed by atoms with van der Waals surface area (Å²) in [7, 11) is 0. The number of carbonyl (C=O) groups excluding carboxylic acids is 3. The lowest BCUT2D eigenvalue weighted by atomic mass is 10.1. The molecule has 8 N–H and O–H groups in total. The monoisotopic (exact) mass is 519 g/mol. The van der Waals surface area contributed by atoms with E-state index in [4.69, 9.17) is 10.8 Å². The molecule has 16 heteroatoms. The number of carboxylic acid groups (broad SMARTS) is 2. The fourth-order valence-electron chi connectivity index (χ4n) is 3.06. The molecule has 1 heterocycles. The predicted octanol–water partition coefficient (Wildman–Crippen LogP) is -0.864. The second kappa shape index (κ2) is 13.3. The Labute approximate surface area is 208 Å². The van der Waals surface area contributed by atoms with Crippen molar-refractivity contribution in [3.05, 3.63) is 52.6 Å². The molecule has 37 heavy (non-hydrogen) atoms. The summed E-state index contributed by atoms with van der Waals surface area (Å²) in [4.78, 5) is 77.1. The zero-order valence-corrected chi connectivity index (χ0v) is 19.2. The number of anilines is 1. The molecule has 1 aromatic heterocycles. The Hall–Kier alpha value is -4.86. The zero-order valence-electron chi connectivity index (χ0n) is 19.2. The Morgan fingerprint density at radius 1 is 1.00 bits per heavy atom. The van der Waals surface area contributed by atoms with Gasteiger partial charge < -0.3 is 36.9 Å². The van der Waals surface area contributed by atoms with Crippen LogP contribution < -0.4 is 21.7 Å². The fourth-order valence-corrected chi connectivity index (χ4v) is 3.06. The van der Waals surface area contributed by atoms with E-state index in [1.807, 2.05) is 0 Å². The van der Waals surface area contributed by atoms with Crippen molar-refractivity contribution in [1.29, 1.82) is 0 Å². The molecule has 2 aromatic rings. The highest BCUT2D eigenvalue weighted by molar-refractivity contribution is 6.00. The first-order valence-electron chi connectivity index (χ1n) is 10.8. The minimum absolute atomic E-state index is 0.117. The molecule has 0 unspecified atom stereocenters. The van der Waals surface area contributed by atoms with E-state index < -0.39 is 59.1 Å². The molecule has 1 aromatic carbocycles. The first kappa shape index (κ1) is 28.4. The first-order valence-corrected chi connectivity index (χ1v) is 10.8. The van der Waals surface area contributed by atoms with E-state index in [9.17, 15) is 39.2 Å². The predicted molar refractivity (Wildman–Crippen MR) is 125 cm³/mol. The van der Waals surface area contributed by atoms with Gasteiger partial charge in [-0.1, -0.05) is 0 Å². The average molecular weight is 519 g/mol. The van der Waals surface area contributed by atoms with Gasteiger partial charge in [0.15, 0.2) is 0 Å². The van der Waals surface area contributed by atoms with Crippen molar-refractivity contribution in [2.45, 2.75) is 43.8 Å². The highest BCUT2D eigenvalue weighted by Gasteiger charge is 2.30. The Kier molecular flexibility index (Phi) is 10.2. The summed E-state index contributed by atoms with van der Waals surface area (Å²) in [6.07, 6.45) is 1.23. The number of hydrogen-bond donors (Lipinski definition) is 7. The number of carbonyl (C=O) groups is 5. The SMILES string of the molecule is N[C@@H](CCC(=O)O)C(=O)N[C@@H](Cc1c[nH]cn1)C(=O)N[C@@H](CC(=O)O)C(=O)Nc1ccc([N+](=O)[O-])cc1. The maximum atomic E-state index is 13.0. The number of nitro benzene ring substituents is 1. The number of nitro groups is 1. The van der Waals surface area contributed by atoms with Crippen molar-refractivity contribution in [3.63, 3.8) is 0 Å². The number of nitrogens with two attached hydrogens (primary N) is 1. The third-order valence-corrected chi connectivity index (χ3v) is 4.96. The molecule has 0 fully saturated rings. The second-order valence-corrected chi connectivity index (χ2v) is 7.82. The van der Waals surface area contributed by atoms with Gasteiger partial charge in [-0.05, 0) is 18.6 Å². The van der Waals surface area contributed by atoms with Crippen LogP contribution in [0.2, 0.25) is 0 Å². The highest BCUT2D eigenvalue weighted by Crippen LogP contribution is 2.16. The molecule has 3 amide bonds. The minimum atomic E-state index is -1.58. The zero-order chi connectivity index (χ0) is 27.5. The third-order valence-electron chi connectivity index (χ3n) is 4.96. The topological polar surface area (TPSA) is 260 Å². The number of aromatic amines is 1. The number of aromatic nitrogens is 2. The van der Waals surface area contributed by atoms with Gasteiger partial charge in [0.05, 0.1) is 29.4 Å². The van der Waals surface area contributed by atoms with Crippen LogP contribution in [0, 0.1) is 10.1 Å². The number of hydrogen-bond acceptors (Lipinski definition) is 9. The van der Waals surface area contributed by atoms with E-state index in [2.05, 4.69) is 25.9 Å². The molecule has 0 aliphatic carbocycles. The molecule has 0 radical (unpaired) electrons. The van der Waals surface area contributed by atoms with Crippen molar-refractivity contribution >= 4 is 41.0 Å². The normalized spacial score (nSPS) is 13.0. The summed E-state index contributed by atoms with van der Waals surface area (Å²) >= 11 is 0. The van der Waals surface area contributed by atoms with E-state index in [0.717, 1.165) is 12.1 Å². The lowest BCUT2D eigenvalue weighted by Crippen LogP contribution is -2.56. The molecular formula is C21H25N7O9. The standard InChI is InChI=1S/C21H25N7O9/c22-14(5-6-17(29)30)19(33)26-15(7-12-9-23-10-24-12)21(35)27-16(8-18(31)32)20(34)25-11-1-3-13(4-2-11)28(36)37/h1-4,9-10,14-16H,5-8,22H2,(H,23,24)(H,25,34)(H,26,33)(H,27,35)(H,29,30)(H,31,32)/t14-,15-,16-/m0/s1. The molecule has 0 bridgehead atoms. The van der Waals surface area contributed by atoms with Crippen molar-refractivity contribution in [2.75, 3.05) is 5.32 Å². The molecule has 0 aliphatic heterocycles. The van der Waals surface area contributed by atoms with Gasteiger partial charge in [-0.15, -0.1) is 0 Å². The minimum Gasteiger partial charge on any atom is -0.481 e. The van der Waals surface area contributed by atoms with Gasteiger partial charge in [0.1, 0.15) is 12.1 Å². The van der Waals surface area contributed by atoms with Crippen LogP contribution in [0.4, 0.5) is 11.4 Å². The molecule has 16 nitrogen and oxygen atoms in total. The number of nitrogens with one attached hydrogen (secondary N) is 4. The quantitative estimate of drug-likeness (QED) is 0.119. The van der Waals surface area contributed by atoms with E-state index in [1.165, 1.54) is 24.7 Å². The number of non-ortho nitro benzene ring substituents is 1. The number of imidazole rings is 1. The summed E-state index contributed by atoms with van der Waals surface area (Å²) in [5, 5.41) is 35.8. The van der Waals surface area contributed by atoms with Crippen molar-refractivity contribution in [1.82, 2.24) is 20.6 Å². The van der Waals surface area contributed by atoms with Crippen LogP contribution in [0.3, 0.4) is 0 Å². The molecule has 198 valence electrons. The van der Waals surface area contributed by atoms with Crippen molar-refractivity contribution < 1.29 is 39.1 Å². The van der Waals surface area contributed by atoms with Crippen LogP contribution in [-0.4, -0.2) is 72.9 Å². The van der Waals surface area contributed by atoms with Crippen molar-refractivity contribution in [2.24, 2.45) is 5.73 Å². The summed E-state index contributed by atoms with van der Waals surface area (Å²) < 4.78 is 0. The largest absolute Gasteiger partial charge is 0.481 e. The smallest absolute Gasteiger partial charge is 0.305 e. The van der Waals surface area contributed by atoms with Gasteiger partial charge >= 0.3 is 11.9 Å². The Balaban J connectivity index is 2.16. The third kappa shape index (κ3) is 9.36. The number of amides is 3. The van der Waals surface area contributed by atoms with E-state index in [-0.39, 0.29) is 30.6 Å². The van der Waals surface area contributed by atoms with Gasteiger partial charge in [0.25, 0.3) is 5.69 Å². The maximum absolute atomic E-state index is 13.0. The van der Waals surface area contributed by atoms with E-state index in [0.29, 0.717) is 5.69 Å². The van der Waals surface area contributed by atoms with Crippen LogP contribution >= 0.6 is 0 Å². The molecule has 3 atom stereocenters. The number of benzene rings is 1. The van der Waals surface area contributed by atoms with Gasteiger partial charge in [-0.3, -0.25) is 34.1 Å². The van der Waals surface area contributed by atoms with Gasteiger partial charge in [-0.25, -0.2) is 4.98 Å². The summed E-state index contributed by atoms with van der Waals surface area (Å²) in [5.74, 6) is -5.25. The Bertz CT molecular complexity index is 1140. The van der Waals surface area contributed by atoms with Crippen LogP contribution in [0.15, 0.2) is 36.8 Å². The summed E-state index contributed by atoms with van der Waals surface area (Å²) in [5.41, 5.74) is 5.94. The number of nitrogens with zero attached hydrogens (tertiary/aromatic N) is 2. The second-order valence-electron chi connectivity index (χ2n) is 7.82. The Morgan fingerprint density at radius 3 is 2.19 bits per heavy atom. The fraction of sp³-hybridized carbons (Fsp3) is 0.333. The van der Waals surface area contributed by atoms with Crippen LogP contribution in [0.5, 0.6) is 0 Å². The van der Waals surface area contributed by atoms with E-state index >= 15 is 0 Å². The van der Waals surface area contributed by atoms with Gasteiger partial charge in [-0.2, -0.15) is 0 Å². The number of rotatable bonds is 14. The molecule has 2 rings (SSSR count). The Morgan fingerprint density at radius 2 is 1.65 bits per heavy atom. The number of aliphatic carboxylic acids is 2. The maximum Gasteiger partial charge on any atom is 0.305 e. The lowest BCUT2D eigenvalue weighted by Gasteiger charge is -2.23. The summed E-state index contributed by atoms with van der Waals surface area (Å²) in [6.45, 7) is 0. The molecule has 0 spiro atoms. The molecule has 0 aliphatic rings. The highest BCUT2D eigenvalue weighted by atomic mass is 16.6. The summed E-state index contributed by atoms with van der Waals surface area (Å²) in [6, 6.07) is 0.552. The van der Waals surface area contributed by atoms with Crippen LogP contribution in [0.25, 0.3) is 0 Å². The molecule has 0 saturated heterocycles. The number of carboxylic acids is 2. The van der Waals surface area contributed by atoms with Crippen LogP contribution in [-0.2, 0) is 30.4 Å². The van der Waals surface area contributed by atoms with Crippen molar-refractivity contribution in [3.8, 4) is 0 Å². The first-order chi connectivity index (χ1) is 17.5. The molecular weight excluding hydrogens is 494 g/mol. The van der Waals surface area contributed by atoms with E-state index in [1.54, 1.807) is 0 Å². The van der Waals surface area contributed by atoms with Gasteiger partial charge in [0, 0.05) is 36.9 Å². The molecule has 0 saturated carbocycles. The average Bonchev–Trinajstić information content (AvgIpc) is 3.34. The number of H-pyrrole nitrogens is 1. The lowest BCUT2D eigenvalue weighted by molar-refractivity contribution is -0.384. The van der Waals surface area contributed by atoms with Crippen LogP contribution in [0.1, 0.15) is 25.0 Å². The van der Waals surface area contributed by atoms with Gasteiger partial charge in [0.2, 0.25) is 17.7 Å².